The first kappa shape index (κ1) is 10.3. The minimum Gasteiger partial charge on any atom is -0.507 e. The molecule has 92 valence electrons. The average molecular weight is 250 g/mol. The summed E-state index contributed by atoms with van der Waals surface area (Å²) in [5.74, 6) is 0.325. The first-order valence-corrected chi connectivity index (χ1v) is 6.00. The fourth-order valence-corrected chi connectivity index (χ4v) is 2.59. The van der Waals surface area contributed by atoms with Crippen molar-refractivity contribution >= 4 is 32.7 Å². The molecule has 0 radical (unpaired) electrons. The van der Waals surface area contributed by atoms with Crippen LogP contribution in [0.1, 0.15) is 0 Å². The molecule has 2 N–H and O–H groups in total. The van der Waals surface area contributed by atoms with Crippen molar-refractivity contribution in [1.29, 1.82) is 0 Å². The number of aromatic hydroxyl groups is 2. The van der Waals surface area contributed by atoms with Gasteiger partial charge in [0.15, 0.2) is 11.3 Å². The van der Waals surface area contributed by atoms with Crippen LogP contribution >= 0.6 is 0 Å². The van der Waals surface area contributed by atoms with Crippen molar-refractivity contribution in [2.45, 2.75) is 0 Å². The van der Waals surface area contributed by atoms with Gasteiger partial charge < -0.3 is 14.6 Å². The molecule has 0 bridgehead atoms. The Morgan fingerprint density at radius 2 is 1.32 bits per heavy atom. The summed E-state index contributed by atoms with van der Waals surface area (Å²) in [7, 11) is 0. The topological polar surface area (TPSA) is 53.6 Å². The van der Waals surface area contributed by atoms with Crippen molar-refractivity contribution in [1.82, 2.24) is 0 Å². The molecule has 0 aliphatic carbocycles. The molecule has 3 heteroatoms. The van der Waals surface area contributed by atoms with Crippen LogP contribution in [0.2, 0.25) is 0 Å². The number of para-hydroxylation sites is 1. The minimum absolute atomic E-state index is 0.109. The van der Waals surface area contributed by atoms with Gasteiger partial charge in [0.1, 0.15) is 11.3 Å². The molecule has 0 atom stereocenters. The summed E-state index contributed by atoms with van der Waals surface area (Å²) in [6.45, 7) is 0. The van der Waals surface area contributed by atoms with Crippen LogP contribution in [0.15, 0.2) is 52.9 Å². The molecule has 4 aromatic rings. The fourth-order valence-electron chi connectivity index (χ4n) is 2.59. The molecule has 0 saturated carbocycles. The Hall–Kier alpha value is -2.68. The third-order valence-corrected chi connectivity index (χ3v) is 3.46. The third kappa shape index (κ3) is 1.27. The normalized spacial score (nSPS) is 11.6. The van der Waals surface area contributed by atoms with Gasteiger partial charge in [-0.05, 0) is 12.1 Å². The zero-order valence-corrected chi connectivity index (χ0v) is 9.92. The van der Waals surface area contributed by atoms with Crippen LogP contribution in [0.4, 0.5) is 0 Å². The Kier molecular flexibility index (Phi) is 1.85. The average Bonchev–Trinajstić information content (AvgIpc) is 2.80. The summed E-state index contributed by atoms with van der Waals surface area (Å²) in [6.07, 6.45) is 0. The lowest BCUT2D eigenvalue weighted by molar-refractivity contribution is 0.469. The lowest BCUT2D eigenvalue weighted by Crippen LogP contribution is -1.75. The predicted molar refractivity (Wildman–Crippen MR) is 74.6 cm³/mol. The van der Waals surface area contributed by atoms with Gasteiger partial charge in [0.05, 0.1) is 0 Å². The highest BCUT2D eigenvalue weighted by molar-refractivity contribution is 6.17. The molecule has 1 aromatic heterocycles. The smallest absolute Gasteiger partial charge is 0.177 e. The molecule has 0 saturated heterocycles. The van der Waals surface area contributed by atoms with Crippen LogP contribution in [-0.4, -0.2) is 10.2 Å². The molecule has 0 amide bonds. The standard InChI is InChI=1S/C16H10O3/c17-13-7-3-6-11-12-8-14(18)9-4-1-2-5-10(9)15(12)19-16(11)13/h1-8,17-18H. The van der Waals surface area contributed by atoms with Gasteiger partial charge in [-0.25, -0.2) is 0 Å². The first-order chi connectivity index (χ1) is 9.25. The highest BCUT2D eigenvalue weighted by Crippen LogP contribution is 2.40. The maximum absolute atomic E-state index is 10.1. The Morgan fingerprint density at radius 3 is 2.16 bits per heavy atom. The molecule has 19 heavy (non-hydrogen) atoms. The number of fused-ring (bicyclic) bond motifs is 5. The van der Waals surface area contributed by atoms with E-state index in [1.54, 1.807) is 18.2 Å². The molecule has 3 aromatic carbocycles. The van der Waals surface area contributed by atoms with Gasteiger partial charge in [0, 0.05) is 21.5 Å². The molecule has 0 unspecified atom stereocenters. The van der Waals surface area contributed by atoms with E-state index in [1.807, 2.05) is 30.3 Å². The molecule has 4 rings (SSSR count). The number of phenolic OH excluding ortho intramolecular Hbond substituents is 2. The zero-order valence-electron chi connectivity index (χ0n) is 9.92. The number of furan rings is 1. The Labute approximate surface area is 108 Å². The second-order valence-electron chi connectivity index (χ2n) is 4.57. The van der Waals surface area contributed by atoms with Crippen LogP contribution in [0.5, 0.6) is 11.5 Å². The van der Waals surface area contributed by atoms with E-state index in [1.165, 1.54) is 0 Å². The molecular weight excluding hydrogens is 240 g/mol. The Balaban J connectivity index is 2.36. The van der Waals surface area contributed by atoms with Crippen molar-refractivity contribution in [3.63, 3.8) is 0 Å². The molecule has 0 aliphatic heterocycles. The van der Waals surface area contributed by atoms with E-state index in [9.17, 15) is 10.2 Å². The van der Waals surface area contributed by atoms with E-state index in [0.29, 0.717) is 11.2 Å². The number of phenols is 2. The van der Waals surface area contributed by atoms with Crippen molar-refractivity contribution in [3.8, 4) is 11.5 Å². The van der Waals surface area contributed by atoms with Gasteiger partial charge in [-0.1, -0.05) is 36.4 Å². The molecule has 0 spiro atoms. The summed E-state index contributed by atoms with van der Waals surface area (Å²) in [4.78, 5) is 0. The van der Waals surface area contributed by atoms with Crippen LogP contribution in [-0.2, 0) is 0 Å². The van der Waals surface area contributed by atoms with Crippen LogP contribution in [0, 0.1) is 0 Å². The van der Waals surface area contributed by atoms with E-state index in [-0.39, 0.29) is 11.5 Å². The van der Waals surface area contributed by atoms with Crippen LogP contribution < -0.4 is 0 Å². The summed E-state index contributed by atoms with van der Waals surface area (Å²) in [5, 5.41) is 23.2. The number of hydrogen-bond donors (Lipinski definition) is 2. The zero-order chi connectivity index (χ0) is 13.0. The van der Waals surface area contributed by atoms with Crippen LogP contribution in [0.3, 0.4) is 0 Å². The Bertz CT molecular complexity index is 935. The van der Waals surface area contributed by atoms with E-state index in [2.05, 4.69) is 0 Å². The van der Waals surface area contributed by atoms with Crippen molar-refractivity contribution in [2.75, 3.05) is 0 Å². The summed E-state index contributed by atoms with van der Waals surface area (Å²) in [5.41, 5.74) is 1.14. The van der Waals surface area contributed by atoms with Gasteiger partial charge in [0.25, 0.3) is 0 Å². The van der Waals surface area contributed by atoms with E-state index in [0.717, 1.165) is 21.5 Å². The van der Waals surface area contributed by atoms with Crippen molar-refractivity contribution in [3.05, 3.63) is 48.5 Å². The molecule has 3 nitrogen and oxygen atoms in total. The van der Waals surface area contributed by atoms with Gasteiger partial charge in [-0.15, -0.1) is 0 Å². The third-order valence-electron chi connectivity index (χ3n) is 3.46. The van der Waals surface area contributed by atoms with E-state index < -0.39 is 0 Å². The summed E-state index contributed by atoms with van der Waals surface area (Å²) < 4.78 is 5.79. The van der Waals surface area contributed by atoms with E-state index in [4.69, 9.17) is 4.42 Å². The van der Waals surface area contributed by atoms with Crippen molar-refractivity contribution in [2.24, 2.45) is 0 Å². The molecular formula is C16H10O3. The number of hydrogen-bond acceptors (Lipinski definition) is 3. The highest BCUT2D eigenvalue weighted by atomic mass is 16.4. The Morgan fingerprint density at radius 1 is 0.632 bits per heavy atom. The van der Waals surface area contributed by atoms with Gasteiger partial charge in [0.2, 0.25) is 0 Å². The number of benzene rings is 3. The largest absolute Gasteiger partial charge is 0.507 e. The molecule has 0 fully saturated rings. The van der Waals surface area contributed by atoms with Gasteiger partial charge in [-0.3, -0.25) is 0 Å². The SMILES string of the molecule is Oc1cc2c3cccc(O)c3oc2c2ccccc12. The second-order valence-corrected chi connectivity index (χ2v) is 4.57. The molecule has 0 aliphatic rings. The maximum Gasteiger partial charge on any atom is 0.177 e. The predicted octanol–water partition coefficient (Wildman–Crippen LogP) is 4.15. The quantitative estimate of drug-likeness (QED) is 0.493. The summed E-state index contributed by atoms with van der Waals surface area (Å²) >= 11 is 0. The number of rotatable bonds is 0. The van der Waals surface area contributed by atoms with E-state index >= 15 is 0 Å². The summed E-state index contributed by atoms with van der Waals surface area (Å²) in [6, 6.07) is 14.4. The van der Waals surface area contributed by atoms with Gasteiger partial charge >= 0.3 is 0 Å². The first-order valence-electron chi connectivity index (χ1n) is 6.00. The second kappa shape index (κ2) is 3.42. The van der Waals surface area contributed by atoms with Crippen molar-refractivity contribution < 1.29 is 14.6 Å². The lowest BCUT2D eigenvalue weighted by atomic mass is 10.0. The van der Waals surface area contributed by atoms with Crippen LogP contribution in [0.25, 0.3) is 32.7 Å². The minimum atomic E-state index is 0.109. The van der Waals surface area contributed by atoms with Gasteiger partial charge in [-0.2, -0.15) is 0 Å². The molecule has 1 heterocycles. The monoisotopic (exact) mass is 250 g/mol. The highest BCUT2D eigenvalue weighted by Gasteiger charge is 2.14. The maximum atomic E-state index is 10.1. The fraction of sp³-hybridized carbons (Fsp3) is 0. The lowest BCUT2D eigenvalue weighted by Gasteiger charge is -2.01.